The molecule has 38 heavy (non-hydrogen) atoms. The van der Waals surface area contributed by atoms with E-state index in [2.05, 4.69) is 15.8 Å². The van der Waals surface area contributed by atoms with Crippen molar-refractivity contribution in [3.8, 4) is 22.5 Å². The third-order valence-electron chi connectivity index (χ3n) is 5.79. The summed E-state index contributed by atoms with van der Waals surface area (Å²) >= 11 is 0. The fourth-order valence-corrected chi connectivity index (χ4v) is 3.90. The summed E-state index contributed by atoms with van der Waals surface area (Å²) in [6.07, 6.45) is -0.0851. The first-order valence-electron chi connectivity index (χ1n) is 12.0. The maximum absolute atomic E-state index is 13.8. The average molecular weight is 515 g/mol. The quantitative estimate of drug-likeness (QED) is 0.200. The van der Waals surface area contributed by atoms with E-state index >= 15 is 0 Å². The van der Waals surface area contributed by atoms with Gasteiger partial charge >= 0.3 is 6.09 Å². The van der Waals surface area contributed by atoms with E-state index in [9.17, 15) is 14.0 Å². The minimum atomic E-state index is -0.683. The molecule has 0 radical (unpaired) electrons. The van der Waals surface area contributed by atoms with Crippen LogP contribution in [0, 0.1) is 18.2 Å². The first-order valence-corrected chi connectivity index (χ1v) is 12.0. The number of anilines is 1. The van der Waals surface area contributed by atoms with Crippen LogP contribution in [0.25, 0.3) is 22.5 Å². The van der Waals surface area contributed by atoms with Crippen LogP contribution in [0.4, 0.5) is 14.9 Å². The molecule has 9 heteroatoms. The Morgan fingerprint density at radius 1 is 0.974 bits per heavy atom. The SMILES string of the molecule is CC(=O)NC(=N)Cc1ccc(-c2ccc(-c3onc(C)c3NC(=O)OCCc3ccccc3F)cc2)cc1. The Labute approximate surface area is 219 Å². The van der Waals surface area contributed by atoms with Gasteiger partial charge in [-0.15, -0.1) is 0 Å². The normalized spacial score (nSPS) is 10.6. The summed E-state index contributed by atoms with van der Waals surface area (Å²) in [6, 6.07) is 21.7. The molecule has 0 atom stereocenters. The number of amides is 2. The molecule has 0 aliphatic carbocycles. The van der Waals surface area contributed by atoms with Crippen molar-refractivity contribution in [1.29, 1.82) is 5.41 Å². The van der Waals surface area contributed by atoms with E-state index in [0.29, 0.717) is 29.1 Å². The second-order valence-corrected chi connectivity index (χ2v) is 8.69. The Morgan fingerprint density at radius 2 is 1.61 bits per heavy atom. The molecule has 1 heterocycles. The Kier molecular flexibility index (Phi) is 8.27. The highest BCUT2D eigenvalue weighted by Gasteiger charge is 2.18. The molecule has 4 aromatic rings. The van der Waals surface area contributed by atoms with Crippen molar-refractivity contribution in [2.75, 3.05) is 11.9 Å². The van der Waals surface area contributed by atoms with Crippen LogP contribution in [0.15, 0.2) is 77.3 Å². The molecule has 194 valence electrons. The van der Waals surface area contributed by atoms with Gasteiger partial charge in [0, 0.05) is 25.3 Å². The number of rotatable bonds is 8. The van der Waals surface area contributed by atoms with E-state index in [-0.39, 0.29) is 30.6 Å². The number of aromatic nitrogens is 1. The summed E-state index contributed by atoms with van der Waals surface area (Å²) < 4.78 is 24.5. The van der Waals surface area contributed by atoms with Crippen LogP contribution in [-0.4, -0.2) is 29.6 Å². The number of benzene rings is 3. The van der Waals surface area contributed by atoms with Gasteiger partial charge in [-0.05, 0) is 35.2 Å². The maximum Gasteiger partial charge on any atom is 0.411 e. The van der Waals surface area contributed by atoms with Gasteiger partial charge in [0.05, 0.1) is 6.61 Å². The second-order valence-electron chi connectivity index (χ2n) is 8.69. The molecule has 0 aliphatic heterocycles. The van der Waals surface area contributed by atoms with Crippen LogP contribution in [-0.2, 0) is 22.4 Å². The minimum Gasteiger partial charge on any atom is -0.449 e. The van der Waals surface area contributed by atoms with Crippen LogP contribution in [0.3, 0.4) is 0 Å². The lowest BCUT2D eigenvalue weighted by atomic mass is 10.0. The molecule has 1 aromatic heterocycles. The van der Waals surface area contributed by atoms with Gasteiger partial charge in [0.15, 0.2) is 5.76 Å². The molecule has 0 spiro atoms. The maximum atomic E-state index is 13.8. The van der Waals surface area contributed by atoms with E-state index in [1.165, 1.54) is 13.0 Å². The lowest BCUT2D eigenvalue weighted by Crippen LogP contribution is -2.28. The van der Waals surface area contributed by atoms with Crippen molar-refractivity contribution < 1.29 is 23.2 Å². The Hall–Kier alpha value is -4.79. The van der Waals surface area contributed by atoms with E-state index in [4.69, 9.17) is 14.7 Å². The summed E-state index contributed by atoms with van der Waals surface area (Å²) in [5.41, 5.74) is 4.96. The minimum absolute atomic E-state index is 0.0221. The number of amidine groups is 1. The lowest BCUT2D eigenvalue weighted by molar-refractivity contribution is -0.117. The van der Waals surface area contributed by atoms with Gasteiger partial charge < -0.3 is 14.6 Å². The van der Waals surface area contributed by atoms with E-state index < -0.39 is 6.09 Å². The first-order chi connectivity index (χ1) is 18.3. The van der Waals surface area contributed by atoms with E-state index in [1.807, 2.05) is 48.5 Å². The summed E-state index contributed by atoms with van der Waals surface area (Å²) in [7, 11) is 0. The Morgan fingerprint density at radius 3 is 2.26 bits per heavy atom. The van der Waals surface area contributed by atoms with Gasteiger partial charge in [-0.3, -0.25) is 15.5 Å². The van der Waals surface area contributed by atoms with Gasteiger partial charge in [0.25, 0.3) is 0 Å². The summed E-state index contributed by atoms with van der Waals surface area (Å²) in [5.74, 6) is -0.0542. The number of ether oxygens (including phenoxy) is 1. The number of nitrogens with one attached hydrogen (secondary N) is 3. The monoisotopic (exact) mass is 514 g/mol. The number of carbonyl (C=O) groups is 2. The fourth-order valence-electron chi connectivity index (χ4n) is 3.90. The largest absolute Gasteiger partial charge is 0.449 e. The summed E-state index contributed by atoms with van der Waals surface area (Å²) in [6.45, 7) is 3.11. The molecule has 4 rings (SSSR count). The first kappa shape index (κ1) is 26.3. The highest BCUT2D eigenvalue weighted by molar-refractivity contribution is 5.96. The second kappa shape index (κ2) is 12.0. The van der Waals surface area contributed by atoms with Crippen molar-refractivity contribution in [2.45, 2.75) is 26.7 Å². The average Bonchev–Trinajstić information content (AvgIpc) is 3.25. The van der Waals surface area contributed by atoms with Crippen LogP contribution < -0.4 is 10.6 Å². The molecular formula is C29H27FN4O4. The third-order valence-corrected chi connectivity index (χ3v) is 5.79. The highest BCUT2D eigenvalue weighted by Crippen LogP contribution is 2.32. The molecule has 3 aromatic carbocycles. The van der Waals surface area contributed by atoms with Crippen LogP contribution >= 0.6 is 0 Å². The van der Waals surface area contributed by atoms with Gasteiger partial charge in [-0.2, -0.15) is 0 Å². The molecule has 0 fully saturated rings. The molecule has 0 bridgehead atoms. The van der Waals surface area contributed by atoms with Crippen LogP contribution in [0.1, 0.15) is 23.7 Å². The van der Waals surface area contributed by atoms with Crippen molar-refractivity contribution in [2.24, 2.45) is 0 Å². The van der Waals surface area contributed by atoms with Crippen LogP contribution in [0.5, 0.6) is 0 Å². The number of hydrogen-bond acceptors (Lipinski definition) is 6. The predicted molar refractivity (Wildman–Crippen MR) is 142 cm³/mol. The molecular weight excluding hydrogens is 487 g/mol. The van der Waals surface area contributed by atoms with Crippen molar-refractivity contribution in [3.63, 3.8) is 0 Å². The van der Waals surface area contributed by atoms with Gasteiger partial charge in [-0.25, -0.2) is 9.18 Å². The number of halogens is 1. The predicted octanol–water partition coefficient (Wildman–Crippen LogP) is 5.90. The molecule has 0 saturated heterocycles. The van der Waals surface area contributed by atoms with Crippen molar-refractivity contribution in [1.82, 2.24) is 10.5 Å². The Balaban J connectivity index is 1.39. The molecule has 3 N–H and O–H groups in total. The number of aryl methyl sites for hydroxylation is 1. The fraction of sp³-hybridized carbons (Fsp3) is 0.172. The lowest BCUT2D eigenvalue weighted by Gasteiger charge is -2.09. The molecule has 0 saturated carbocycles. The molecule has 0 unspecified atom stereocenters. The van der Waals surface area contributed by atoms with Crippen molar-refractivity contribution in [3.05, 3.63) is 95.4 Å². The van der Waals surface area contributed by atoms with Crippen LogP contribution in [0.2, 0.25) is 0 Å². The van der Waals surface area contributed by atoms with E-state index in [0.717, 1.165) is 22.3 Å². The summed E-state index contributed by atoms with van der Waals surface area (Å²) in [5, 5.41) is 17.0. The number of hydrogen-bond donors (Lipinski definition) is 3. The number of nitrogens with zero attached hydrogens (tertiary/aromatic N) is 1. The van der Waals surface area contributed by atoms with Gasteiger partial charge in [-0.1, -0.05) is 71.9 Å². The Bertz CT molecular complexity index is 1450. The molecule has 2 amide bonds. The zero-order valence-corrected chi connectivity index (χ0v) is 21.0. The zero-order valence-electron chi connectivity index (χ0n) is 21.0. The van der Waals surface area contributed by atoms with Gasteiger partial charge in [0.2, 0.25) is 5.91 Å². The topological polar surface area (TPSA) is 117 Å². The zero-order chi connectivity index (χ0) is 27.1. The standard InChI is InChI=1S/C29H27FN4O4/c1-18-27(33-29(36)37-16-15-23-5-3-4-6-25(23)30)28(38-34-18)24-13-11-22(12-14-24)21-9-7-20(8-10-21)17-26(31)32-19(2)35/h3-14H,15-17H2,1-2H3,(H,33,36)(H2,31,32,35). The molecule has 8 nitrogen and oxygen atoms in total. The number of carbonyl (C=O) groups excluding carboxylic acids is 2. The van der Waals surface area contributed by atoms with Crippen molar-refractivity contribution >= 4 is 23.5 Å². The molecule has 0 aliphatic rings. The smallest absolute Gasteiger partial charge is 0.411 e. The summed E-state index contributed by atoms with van der Waals surface area (Å²) in [4.78, 5) is 23.5. The van der Waals surface area contributed by atoms with Gasteiger partial charge in [0.1, 0.15) is 23.0 Å². The van der Waals surface area contributed by atoms with E-state index in [1.54, 1.807) is 25.1 Å². The highest BCUT2D eigenvalue weighted by atomic mass is 19.1. The third kappa shape index (κ3) is 6.70.